The fraction of sp³-hybridized carbons (Fsp3) is 0.364. The maximum Gasteiger partial charge on any atom is 0.246 e. The van der Waals surface area contributed by atoms with Crippen LogP contribution in [0.2, 0.25) is 0 Å². The summed E-state index contributed by atoms with van der Waals surface area (Å²) in [6.07, 6.45) is 1.32. The van der Waals surface area contributed by atoms with E-state index in [2.05, 4.69) is 5.32 Å². The van der Waals surface area contributed by atoms with Gasteiger partial charge in [-0.1, -0.05) is 60.7 Å². The van der Waals surface area contributed by atoms with Crippen molar-refractivity contribution in [3.8, 4) is 0 Å². The second-order valence-electron chi connectivity index (χ2n) is 7.10. The molecule has 0 spiro atoms. The Balaban J connectivity index is 1.52. The highest BCUT2D eigenvalue weighted by molar-refractivity contribution is 5.77. The summed E-state index contributed by atoms with van der Waals surface area (Å²) in [5, 5.41) is 3.04. The van der Waals surface area contributed by atoms with Crippen LogP contribution in [0.5, 0.6) is 0 Å². The van der Waals surface area contributed by atoms with Gasteiger partial charge in [0, 0.05) is 19.1 Å². The molecule has 1 fully saturated rings. The molecule has 1 saturated heterocycles. The van der Waals surface area contributed by atoms with Crippen LogP contribution in [0.15, 0.2) is 60.7 Å². The lowest BCUT2D eigenvalue weighted by Crippen LogP contribution is -2.47. The lowest BCUT2D eigenvalue weighted by molar-refractivity contribution is -0.128. The van der Waals surface area contributed by atoms with Crippen molar-refractivity contribution in [2.24, 2.45) is 5.73 Å². The third-order valence-corrected chi connectivity index (χ3v) is 4.92. The zero-order valence-corrected chi connectivity index (χ0v) is 15.9. The van der Waals surface area contributed by atoms with Crippen molar-refractivity contribution in [3.63, 3.8) is 0 Å². The van der Waals surface area contributed by atoms with Crippen LogP contribution in [0, 0.1) is 0 Å². The third-order valence-electron chi connectivity index (χ3n) is 4.92. The number of carbonyl (C=O) groups is 2. The highest BCUT2D eigenvalue weighted by Gasteiger charge is 2.22. The Morgan fingerprint density at radius 1 is 1.00 bits per heavy atom. The van der Waals surface area contributed by atoms with E-state index in [4.69, 9.17) is 10.5 Å². The van der Waals surface area contributed by atoms with E-state index in [1.54, 1.807) is 0 Å². The van der Waals surface area contributed by atoms with E-state index in [0.29, 0.717) is 0 Å². The Kier molecular flexibility index (Phi) is 7.17. The topological polar surface area (TPSA) is 84.7 Å². The number of benzene rings is 2. The first-order chi connectivity index (χ1) is 13.6. The molecule has 0 radical (unpaired) electrons. The van der Waals surface area contributed by atoms with Crippen LogP contribution in [0.1, 0.15) is 30.1 Å². The molecule has 2 amide bonds. The number of nitrogens with zero attached hydrogens (tertiary/aromatic N) is 1. The Bertz CT molecular complexity index is 720. The predicted octanol–water partition coefficient (Wildman–Crippen LogP) is 1.86. The van der Waals surface area contributed by atoms with Crippen LogP contribution < -0.4 is 11.1 Å². The predicted molar refractivity (Wildman–Crippen MR) is 107 cm³/mol. The number of nitrogens with two attached hydrogens (primary N) is 1. The fourth-order valence-electron chi connectivity index (χ4n) is 3.52. The quantitative estimate of drug-likeness (QED) is 0.731. The maximum absolute atomic E-state index is 12.4. The van der Waals surface area contributed by atoms with Gasteiger partial charge in [-0.15, -0.1) is 0 Å². The molecule has 2 aromatic carbocycles. The molecule has 0 unspecified atom stereocenters. The number of hydrogen-bond donors (Lipinski definition) is 2. The van der Waals surface area contributed by atoms with Crippen LogP contribution in [0.3, 0.4) is 0 Å². The van der Waals surface area contributed by atoms with Gasteiger partial charge in [0.25, 0.3) is 0 Å². The van der Waals surface area contributed by atoms with Gasteiger partial charge in [0.1, 0.15) is 12.7 Å². The van der Waals surface area contributed by atoms with E-state index in [1.165, 1.54) is 0 Å². The van der Waals surface area contributed by atoms with Crippen LogP contribution in [-0.2, 0) is 14.3 Å². The van der Waals surface area contributed by atoms with Crippen molar-refractivity contribution in [1.29, 1.82) is 0 Å². The molecule has 0 saturated carbocycles. The van der Waals surface area contributed by atoms with Crippen LogP contribution >= 0.6 is 0 Å². The Morgan fingerprint density at radius 3 is 2.04 bits per heavy atom. The summed E-state index contributed by atoms with van der Waals surface area (Å²) in [5.74, 6) is -0.436. The van der Waals surface area contributed by atoms with E-state index in [-0.39, 0.29) is 37.1 Å². The summed E-state index contributed by atoms with van der Waals surface area (Å²) in [7, 11) is 0. The molecule has 6 heteroatoms. The minimum atomic E-state index is -0.316. The molecule has 3 N–H and O–H groups in total. The first-order valence-electron chi connectivity index (χ1n) is 9.63. The summed E-state index contributed by atoms with van der Waals surface area (Å²) in [5.41, 5.74) is 7.27. The summed E-state index contributed by atoms with van der Waals surface area (Å²) in [6, 6.07) is 19.9. The standard InChI is InChI=1S/C22H27N3O3/c23-20(26)15-25-13-11-19(12-14-25)24-21(27)16-28-22(17-7-3-1-4-8-17)18-9-5-2-6-10-18/h1-10,19,22H,11-16H2,(H2,23,26)(H,24,27). The van der Waals surface area contributed by atoms with Gasteiger partial charge in [-0.3, -0.25) is 14.5 Å². The monoisotopic (exact) mass is 381 g/mol. The van der Waals surface area contributed by atoms with E-state index < -0.39 is 0 Å². The average Bonchev–Trinajstić information content (AvgIpc) is 2.71. The molecule has 0 atom stereocenters. The Hall–Kier alpha value is -2.70. The van der Waals surface area contributed by atoms with Crippen LogP contribution in [-0.4, -0.2) is 49.0 Å². The third kappa shape index (κ3) is 5.90. The number of rotatable bonds is 8. The molecular weight excluding hydrogens is 354 g/mol. The van der Waals surface area contributed by atoms with Gasteiger partial charge >= 0.3 is 0 Å². The number of ether oxygens (including phenoxy) is 1. The SMILES string of the molecule is NC(=O)CN1CCC(NC(=O)COC(c2ccccc2)c2ccccc2)CC1. The second-order valence-corrected chi connectivity index (χ2v) is 7.10. The number of amides is 2. The van der Waals surface area contributed by atoms with Gasteiger partial charge in [-0.2, -0.15) is 0 Å². The lowest BCUT2D eigenvalue weighted by Gasteiger charge is -2.31. The number of primary amides is 1. The summed E-state index contributed by atoms with van der Waals surface area (Å²) in [4.78, 5) is 25.4. The van der Waals surface area contributed by atoms with E-state index >= 15 is 0 Å². The van der Waals surface area contributed by atoms with Crippen molar-refractivity contribution in [2.75, 3.05) is 26.2 Å². The van der Waals surface area contributed by atoms with Gasteiger partial charge in [0.05, 0.1) is 6.54 Å². The lowest BCUT2D eigenvalue weighted by atomic mass is 10.0. The minimum absolute atomic E-state index is 0.00401. The van der Waals surface area contributed by atoms with Gasteiger partial charge < -0.3 is 15.8 Å². The minimum Gasteiger partial charge on any atom is -0.369 e. The molecule has 1 heterocycles. The number of piperidine rings is 1. The molecule has 6 nitrogen and oxygen atoms in total. The number of likely N-dealkylation sites (tertiary alicyclic amines) is 1. The zero-order valence-electron chi connectivity index (χ0n) is 15.9. The van der Waals surface area contributed by atoms with Gasteiger partial charge in [-0.25, -0.2) is 0 Å². The summed E-state index contributed by atoms with van der Waals surface area (Å²) >= 11 is 0. The first kappa shape index (κ1) is 20.0. The molecule has 0 aromatic heterocycles. The average molecular weight is 381 g/mol. The fourth-order valence-corrected chi connectivity index (χ4v) is 3.52. The summed E-state index contributed by atoms with van der Waals surface area (Å²) < 4.78 is 6.01. The molecule has 1 aliphatic rings. The van der Waals surface area contributed by atoms with Crippen molar-refractivity contribution in [2.45, 2.75) is 25.0 Å². The van der Waals surface area contributed by atoms with Crippen LogP contribution in [0.25, 0.3) is 0 Å². The van der Waals surface area contributed by atoms with Gasteiger partial charge in [0.2, 0.25) is 11.8 Å². The smallest absolute Gasteiger partial charge is 0.246 e. The maximum atomic E-state index is 12.4. The van der Waals surface area contributed by atoms with Crippen molar-refractivity contribution >= 4 is 11.8 Å². The van der Waals surface area contributed by atoms with E-state index in [1.807, 2.05) is 65.6 Å². The van der Waals surface area contributed by atoms with Crippen molar-refractivity contribution in [1.82, 2.24) is 10.2 Å². The van der Waals surface area contributed by atoms with Gasteiger partial charge in [-0.05, 0) is 24.0 Å². The largest absolute Gasteiger partial charge is 0.369 e. The second kappa shape index (κ2) is 10.0. The molecular formula is C22H27N3O3. The van der Waals surface area contributed by atoms with E-state index in [0.717, 1.165) is 37.1 Å². The summed E-state index contributed by atoms with van der Waals surface area (Å²) in [6.45, 7) is 1.78. The molecule has 0 bridgehead atoms. The van der Waals surface area contributed by atoms with E-state index in [9.17, 15) is 9.59 Å². The van der Waals surface area contributed by atoms with Crippen LogP contribution in [0.4, 0.5) is 0 Å². The highest BCUT2D eigenvalue weighted by Crippen LogP contribution is 2.25. The number of nitrogens with one attached hydrogen (secondary N) is 1. The number of hydrogen-bond acceptors (Lipinski definition) is 4. The first-order valence-corrected chi connectivity index (χ1v) is 9.63. The van der Waals surface area contributed by atoms with Gasteiger partial charge in [0.15, 0.2) is 0 Å². The highest BCUT2D eigenvalue weighted by atomic mass is 16.5. The molecule has 1 aliphatic heterocycles. The zero-order chi connectivity index (χ0) is 19.8. The normalized spacial score (nSPS) is 15.5. The molecule has 0 aliphatic carbocycles. The Labute approximate surface area is 165 Å². The van der Waals surface area contributed by atoms with Crippen molar-refractivity contribution in [3.05, 3.63) is 71.8 Å². The molecule has 28 heavy (non-hydrogen) atoms. The molecule has 2 aromatic rings. The van der Waals surface area contributed by atoms with Crippen molar-refractivity contribution < 1.29 is 14.3 Å². The number of carbonyl (C=O) groups excluding carboxylic acids is 2. The molecule has 148 valence electrons. The Morgan fingerprint density at radius 2 is 1.54 bits per heavy atom. The molecule has 3 rings (SSSR count).